The van der Waals surface area contributed by atoms with Crippen LogP contribution in [0.5, 0.6) is 5.75 Å². The summed E-state index contributed by atoms with van der Waals surface area (Å²) >= 11 is 0. The second-order valence-electron chi connectivity index (χ2n) is 4.05. The standard InChI is InChI=1S/C14H7F5O2/c15-12-5-9(7-20)11(6-13(12)16)8-2-1-3-10(4-8)21-14(17,18)19/h1-7H. The van der Waals surface area contributed by atoms with Crippen LogP contribution in [0.2, 0.25) is 0 Å². The van der Waals surface area contributed by atoms with E-state index in [9.17, 15) is 26.7 Å². The molecule has 0 fully saturated rings. The minimum atomic E-state index is -4.87. The van der Waals surface area contributed by atoms with Gasteiger partial charge in [-0.2, -0.15) is 0 Å². The Morgan fingerprint density at radius 2 is 1.67 bits per heavy atom. The van der Waals surface area contributed by atoms with E-state index in [4.69, 9.17) is 0 Å². The molecule has 2 nitrogen and oxygen atoms in total. The maximum absolute atomic E-state index is 13.3. The summed E-state index contributed by atoms with van der Waals surface area (Å²) in [6.07, 6.45) is -4.59. The van der Waals surface area contributed by atoms with E-state index in [1.807, 2.05) is 0 Å². The number of carbonyl (C=O) groups is 1. The normalized spacial score (nSPS) is 11.3. The molecule has 0 N–H and O–H groups in total. The van der Waals surface area contributed by atoms with Crippen LogP contribution in [0.15, 0.2) is 36.4 Å². The van der Waals surface area contributed by atoms with Crippen LogP contribution in [0.3, 0.4) is 0 Å². The number of aldehydes is 1. The zero-order chi connectivity index (χ0) is 15.6. The van der Waals surface area contributed by atoms with Crippen molar-refractivity contribution in [2.45, 2.75) is 6.36 Å². The Labute approximate surface area is 115 Å². The van der Waals surface area contributed by atoms with Crippen LogP contribution in [-0.2, 0) is 0 Å². The molecule has 0 saturated heterocycles. The molecule has 110 valence electrons. The van der Waals surface area contributed by atoms with Crippen molar-refractivity contribution in [1.82, 2.24) is 0 Å². The number of benzene rings is 2. The molecule has 0 saturated carbocycles. The molecule has 7 heteroatoms. The molecule has 0 bridgehead atoms. The van der Waals surface area contributed by atoms with E-state index in [1.54, 1.807) is 0 Å². The van der Waals surface area contributed by atoms with E-state index < -0.39 is 23.7 Å². The van der Waals surface area contributed by atoms with Gasteiger partial charge in [-0.1, -0.05) is 12.1 Å². The van der Waals surface area contributed by atoms with Crippen LogP contribution in [0, 0.1) is 11.6 Å². The predicted molar refractivity (Wildman–Crippen MR) is 63.9 cm³/mol. The summed E-state index contributed by atoms with van der Waals surface area (Å²) in [7, 11) is 0. The van der Waals surface area contributed by atoms with Gasteiger partial charge in [-0.05, 0) is 35.4 Å². The molecule has 0 amide bonds. The third-order valence-electron chi connectivity index (χ3n) is 2.60. The third kappa shape index (κ3) is 3.56. The first kappa shape index (κ1) is 15.0. The molecule has 0 aliphatic heterocycles. The van der Waals surface area contributed by atoms with Crippen molar-refractivity contribution in [3.8, 4) is 16.9 Å². The summed E-state index contributed by atoms with van der Waals surface area (Å²) in [6, 6.07) is 6.04. The third-order valence-corrected chi connectivity index (χ3v) is 2.60. The minimum absolute atomic E-state index is 0.0310. The van der Waals surface area contributed by atoms with Gasteiger partial charge in [-0.15, -0.1) is 13.2 Å². The molecule has 2 rings (SSSR count). The molecule has 2 aromatic rings. The molecule has 0 aliphatic rings. The van der Waals surface area contributed by atoms with E-state index >= 15 is 0 Å². The molecular formula is C14H7F5O2. The molecule has 0 atom stereocenters. The fourth-order valence-electron chi connectivity index (χ4n) is 1.77. The van der Waals surface area contributed by atoms with E-state index in [2.05, 4.69) is 4.74 Å². The number of ether oxygens (including phenoxy) is 1. The van der Waals surface area contributed by atoms with Crippen LogP contribution in [0.4, 0.5) is 22.0 Å². The van der Waals surface area contributed by atoms with Crippen molar-refractivity contribution in [3.63, 3.8) is 0 Å². The molecule has 2 aromatic carbocycles. The monoisotopic (exact) mass is 302 g/mol. The lowest BCUT2D eigenvalue weighted by Gasteiger charge is -2.11. The second kappa shape index (κ2) is 5.51. The van der Waals surface area contributed by atoms with Crippen molar-refractivity contribution in [2.75, 3.05) is 0 Å². The summed E-state index contributed by atoms with van der Waals surface area (Å²) in [4.78, 5) is 10.9. The highest BCUT2D eigenvalue weighted by atomic mass is 19.4. The van der Waals surface area contributed by atoms with E-state index in [0.717, 1.165) is 18.2 Å². The smallest absolute Gasteiger partial charge is 0.406 e. The molecule has 0 aliphatic carbocycles. The van der Waals surface area contributed by atoms with Crippen LogP contribution in [-0.4, -0.2) is 12.6 Å². The van der Waals surface area contributed by atoms with Crippen LogP contribution in [0.1, 0.15) is 10.4 Å². The summed E-state index contributed by atoms with van der Waals surface area (Å²) in [5, 5.41) is 0. The number of halogens is 5. The largest absolute Gasteiger partial charge is 0.573 e. The molecular weight excluding hydrogens is 295 g/mol. The first-order valence-electron chi connectivity index (χ1n) is 5.60. The summed E-state index contributed by atoms with van der Waals surface area (Å²) in [5.74, 6) is -2.96. The first-order chi connectivity index (χ1) is 9.80. The van der Waals surface area contributed by atoms with Crippen molar-refractivity contribution >= 4 is 6.29 Å². The first-order valence-corrected chi connectivity index (χ1v) is 5.60. The quantitative estimate of drug-likeness (QED) is 0.622. The van der Waals surface area contributed by atoms with Gasteiger partial charge in [0.2, 0.25) is 0 Å². The maximum Gasteiger partial charge on any atom is 0.573 e. The van der Waals surface area contributed by atoms with Gasteiger partial charge in [0.15, 0.2) is 17.9 Å². The molecule has 21 heavy (non-hydrogen) atoms. The second-order valence-corrected chi connectivity index (χ2v) is 4.05. The van der Waals surface area contributed by atoms with Gasteiger partial charge in [0, 0.05) is 5.56 Å². The Morgan fingerprint density at radius 3 is 2.29 bits per heavy atom. The number of carbonyl (C=O) groups excluding carboxylic acids is 1. The lowest BCUT2D eigenvalue weighted by molar-refractivity contribution is -0.274. The topological polar surface area (TPSA) is 26.3 Å². The van der Waals surface area contributed by atoms with E-state index in [1.165, 1.54) is 12.1 Å². The minimum Gasteiger partial charge on any atom is -0.406 e. The highest BCUT2D eigenvalue weighted by Crippen LogP contribution is 2.30. The lowest BCUT2D eigenvalue weighted by atomic mass is 10.00. The van der Waals surface area contributed by atoms with Crippen LogP contribution in [0.25, 0.3) is 11.1 Å². The van der Waals surface area contributed by atoms with Crippen LogP contribution < -0.4 is 4.74 Å². The highest BCUT2D eigenvalue weighted by molar-refractivity contribution is 5.87. The van der Waals surface area contributed by atoms with Gasteiger partial charge in [0.05, 0.1) is 0 Å². The molecule has 0 radical (unpaired) electrons. The summed E-state index contributed by atoms with van der Waals surface area (Å²) in [6.45, 7) is 0. The Balaban J connectivity index is 2.50. The molecule has 0 unspecified atom stereocenters. The maximum atomic E-state index is 13.3. The number of hydrogen-bond acceptors (Lipinski definition) is 2. The zero-order valence-electron chi connectivity index (χ0n) is 10.2. The molecule has 0 spiro atoms. The zero-order valence-corrected chi connectivity index (χ0v) is 10.2. The Kier molecular flexibility index (Phi) is 3.93. The number of hydrogen-bond donors (Lipinski definition) is 0. The Morgan fingerprint density at radius 1 is 1.00 bits per heavy atom. The highest BCUT2D eigenvalue weighted by Gasteiger charge is 2.31. The Hall–Kier alpha value is -2.44. The SMILES string of the molecule is O=Cc1cc(F)c(F)cc1-c1cccc(OC(F)(F)F)c1. The number of alkyl halides is 3. The van der Waals surface area contributed by atoms with Crippen LogP contribution >= 0.6 is 0 Å². The van der Waals surface area contributed by atoms with Crippen molar-refractivity contribution < 1.29 is 31.5 Å². The molecule has 0 aromatic heterocycles. The average molecular weight is 302 g/mol. The van der Waals surface area contributed by atoms with Gasteiger partial charge in [-0.25, -0.2) is 8.78 Å². The van der Waals surface area contributed by atoms with Gasteiger partial charge in [0.1, 0.15) is 5.75 Å². The Bertz CT molecular complexity index is 680. The fourth-order valence-corrected chi connectivity index (χ4v) is 1.77. The van der Waals surface area contributed by atoms with Crippen molar-refractivity contribution in [1.29, 1.82) is 0 Å². The van der Waals surface area contributed by atoms with Gasteiger partial charge >= 0.3 is 6.36 Å². The van der Waals surface area contributed by atoms with E-state index in [0.29, 0.717) is 6.07 Å². The van der Waals surface area contributed by atoms with Crippen molar-refractivity contribution in [2.24, 2.45) is 0 Å². The fraction of sp³-hybridized carbons (Fsp3) is 0.0714. The molecule has 0 heterocycles. The van der Waals surface area contributed by atoms with Gasteiger partial charge < -0.3 is 4.74 Å². The predicted octanol–water partition coefficient (Wildman–Crippen LogP) is 4.34. The average Bonchev–Trinajstić information content (AvgIpc) is 2.39. The number of rotatable bonds is 3. The summed E-state index contributed by atoms with van der Waals surface area (Å²) in [5.41, 5.74) is -0.118. The van der Waals surface area contributed by atoms with Gasteiger partial charge in [0.25, 0.3) is 0 Å². The lowest BCUT2D eigenvalue weighted by Crippen LogP contribution is -2.17. The van der Waals surface area contributed by atoms with Gasteiger partial charge in [-0.3, -0.25) is 4.79 Å². The van der Waals surface area contributed by atoms with E-state index in [-0.39, 0.29) is 23.0 Å². The van der Waals surface area contributed by atoms with Crippen molar-refractivity contribution in [3.05, 3.63) is 53.6 Å². The summed E-state index contributed by atoms with van der Waals surface area (Å²) < 4.78 is 66.5.